The molecule has 0 aromatic heterocycles. The van der Waals surface area contributed by atoms with Gasteiger partial charge in [-0.25, -0.2) is 17.6 Å². The average molecular weight is 1030 g/mol. The van der Waals surface area contributed by atoms with Crippen LogP contribution in [0.25, 0.3) is 196 Å². The van der Waals surface area contributed by atoms with Crippen molar-refractivity contribution in [3.8, 4) is 66.8 Å². The molecule has 1 aliphatic carbocycles. The summed E-state index contributed by atoms with van der Waals surface area (Å²) < 4.78 is 60.6. The van der Waals surface area contributed by atoms with Crippen LogP contribution < -0.4 is 0 Å². The lowest BCUT2D eigenvalue weighted by Gasteiger charge is -2.17. The van der Waals surface area contributed by atoms with Crippen molar-refractivity contribution in [1.82, 2.24) is 0 Å². The molecule has 0 radical (unpaired) electrons. The number of hydrogen-bond donors (Lipinski definition) is 0. The number of rotatable bonds is 4. The fraction of sp³-hybridized carbons (Fsp3) is 0. The van der Waals surface area contributed by atoms with Gasteiger partial charge in [0.05, 0.1) is 0 Å². The Balaban J connectivity index is 0.983. The summed E-state index contributed by atoms with van der Waals surface area (Å²) in [6, 6.07) is 73.7. The largest absolute Gasteiger partial charge is 0.207 e. The Morgan fingerprint density at radius 3 is 1.18 bits per heavy atom. The second kappa shape index (κ2) is 14.9. The summed E-state index contributed by atoms with van der Waals surface area (Å²) in [5.41, 5.74) is 10.1. The highest BCUT2D eigenvalue weighted by Gasteiger charge is 2.33. The zero-order valence-electron chi connectivity index (χ0n) is 42.3. The van der Waals surface area contributed by atoms with E-state index in [0.29, 0.717) is 22.3 Å². The second-order valence-corrected chi connectivity index (χ2v) is 22.1. The first kappa shape index (κ1) is 42.9. The van der Waals surface area contributed by atoms with Gasteiger partial charge in [0, 0.05) is 12.1 Å². The summed E-state index contributed by atoms with van der Waals surface area (Å²) in [4.78, 5) is 0. The Bertz CT molecular complexity index is 5640. The van der Waals surface area contributed by atoms with Crippen LogP contribution in [0.15, 0.2) is 218 Å². The standard InChI is InChI=1S/C76H36F4/c77-41-30-39(31-42(78)34-41)46-20-21-47(40-32-43(79)35-44(80)33-40)65-58-27-23-53-55-25-29-60-70-59(28-24-54(67(55)70)52-22-26-57(64(46)65)69(58)66(52)53)74-68(48-15-5-4-14-45(48)37-10-2-1-3-11-37)62-36-61-51-18-8-12-38-13-9-19-56(63(38)51)71(61)72-49-16-6-7-17-50(49)73(75(60)74)76(62)72/h1-36H. The third kappa shape index (κ3) is 5.23. The van der Waals surface area contributed by atoms with Crippen molar-refractivity contribution in [3.05, 3.63) is 242 Å². The van der Waals surface area contributed by atoms with E-state index in [0.717, 1.165) is 72.3 Å². The normalized spacial score (nSPS) is 12.8. The van der Waals surface area contributed by atoms with Gasteiger partial charge in [-0.05, 0) is 226 Å². The van der Waals surface area contributed by atoms with Crippen LogP contribution in [-0.4, -0.2) is 0 Å². The van der Waals surface area contributed by atoms with E-state index in [-0.39, 0.29) is 0 Å². The molecular weight excluding hydrogens is 989 g/mol. The van der Waals surface area contributed by atoms with Crippen molar-refractivity contribution in [1.29, 1.82) is 0 Å². The molecule has 0 nitrogen and oxygen atoms in total. The molecule has 368 valence electrons. The molecule has 80 heavy (non-hydrogen) atoms. The fourth-order valence-electron chi connectivity index (χ4n) is 15.5. The van der Waals surface area contributed by atoms with Gasteiger partial charge < -0.3 is 0 Å². The van der Waals surface area contributed by atoms with Crippen molar-refractivity contribution in [2.45, 2.75) is 0 Å². The molecule has 0 saturated heterocycles. The smallest absolute Gasteiger partial charge is 0.126 e. The molecule has 0 aliphatic heterocycles. The number of halogens is 4. The third-order valence-corrected chi connectivity index (χ3v) is 18.3. The van der Waals surface area contributed by atoms with Gasteiger partial charge in [-0.3, -0.25) is 0 Å². The molecule has 0 saturated carbocycles. The van der Waals surface area contributed by atoms with E-state index in [2.05, 4.69) is 170 Å². The summed E-state index contributed by atoms with van der Waals surface area (Å²) in [7, 11) is 0. The van der Waals surface area contributed by atoms with Gasteiger partial charge in [-0.2, -0.15) is 0 Å². The minimum absolute atomic E-state index is 0.379. The fourth-order valence-corrected chi connectivity index (χ4v) is 15.5. The highest BCUT2D eigenvalue weighted by molar-refractivity contribution is 6.54. The van der Waals surface area contributed by atoms with Gasteiger partial charge in [-0.15, -0.1) is 0 Å². The third-order valence-electron chi connectivity index (χ3n) is 18.3. The van der Waals surface area contributed by atoms with E-state index in [1.54, 1.807) is 0 Å². The lowest BCUT2D eigenvalue weighted by atomic mass is 9.85. The molecule has 4 heteroatoms. The summed E-state index contributed by atoms with van der Waals surface area (Å²) in [5.74, 6) is -2.75. The van der Waals surface area contributed by atoms with E-state index < -0.39 is 23.3 Å². The Hall–Kier alpha value is -10.2. The molecule has 0 heterocycles. The van der Waals surface area contributed by atoms with Crippen LogP contribution in [-0.2, 0) is 0 Å². The zero-order valence-corrected chi connectivity index (χ0v) is 42.3. The Morgan fingerprint density at radius 2 is 0.562 bits per heavy atom. The van der Waals surface area contributed by atoms with Crippen molar-refractivity contribution in [3.63, 3.8) is 0 Å². The van der Waals surface area contributed by atoms with Crippen molar-refractivity contribution >= 4 is 129 Å². The molecule has 19 rings (SSSR count). The van der Waals surface area contributed by atoms with Crippen molar-refractivity contribution in [2.75, 3.05) is 0 Å². The number of hydrogen-bond acceptors (Lipinski definition) is 0. The van der Waals surface area contributed by atoms with Crippen LogP contribution in [0.3, 0.4) is 0 Å². The van der Waals surface area contributed by atoms with E-state index >= 15 is 17.6 Å². The van der Waals surface area contributed by atoms with Crippen LogP contribution in [0, 0.1) is 23.3 Å². The maximum Gasteiger partial charge on any atom is 0.126 e. The highest BCUT2D eigenvalue weighted by Crippen LogP contribution is 2.61. The topological polar surface area (TPSA) is 0 Å². The van der Waals surface area contributed by atoms with E-state index in [1.165, 1.54) is 138 Å². The average Bonchev–Trinajstić information content (AvgIpc) is 4.34. The van der Waals surface area contributed by atoms with Crippen LogP contribution in [0.1, 0.15) is 0 Å². The van der Waals surface area contributed by atoms with Crippen molar-refractivity contribution in [2.24, 2.45) is 0 Å². The molecule has 0 amide bonds. The quantitative estimate of drug-likeness (QED) is 0.0936. The Kier molecular flexibility index (Phi) is 7.99. The molecule has 0 fully saturated rings. The molecule has 18 aromatic carbocycles. The number of benzene rings is 15. The summed E-state index contributed by atoms with van der Waals surface area (Å²) >= 11 is 0. The molecule has 0 bridgehead atoms. The first-order valence-corrected chi connectivity index (χ1v) is 27.2. The molecular formula is C76H36F4. The minimum Gasteiger partial charge on any atom is -0.207 e. The zero-order chi connectivity index (χ0) is 52.5. The van der Waals surface area contributed by atoms with Crippen molar-refractivity contribution < 1.29 is 17.6 Å². The lowest BCUT2D eigenvalue weighted by molar-refractivity contribution is 0.583. The Morgan fingerprint density at radius 1 is 0.175 bits per heavy atom. The van der Waals surface area contributed by atoms with E-state index in [4.69, 9.17) is 0 Å². The minimum atomic E-state index is -0.688. The van der Waals surface area contributed by atoms with Crippen LogP contribution in [0.5, 0.6) is 0 Å². The first-order chi connectivity index (χ1) is 39.4. The van der Waals surface area contributed by atoms with Gasteiger partial charge >= 0.3 is 0 Å². The summed E-state index contributed by atoms with van der Waals surface area (Å²) in [6.45, 7) is 0. The predicted molar refractivity (Wildman–Crippen MR) is 327 cm³/mol. The maximum atomic E-state index is 15.1. The molecule has 0 spiro atoms. The molecule has 18 aromatic rings. The summed E-state index contributed by atoms with van der Waals surface area (Å²) in [6.07, 6.45) is 0. The highest BCUT2D eigenvalue weighted by atomic mass is 19.1. The van der Waals surface area contributed by atoms with Gasteiger partial charge in [-0.1, -0.05) is 176 Å². The predicted octanol–water partition coefficient (Wildman–Crippen LogP) is 22.1. The maximum absolute atomic E-state index is 15.1. The lowest BCUT2D eigenvalue weighted by Crippen LogP contribution is -1.92. The van der Waals surface area contributed by atoms with Gasteiger partial charge in [0.2, 0.25) is 0 Å². The van der Waals surface area contributed by atoms with E-state index in [1.807, 2.05) is 12.1 Å². The molecule has 1 aliphatic rings. The van der Waals surface area contributed by atoms with Crippen LogP contribution >= 0.6 is 0 Å². The monoisotopic (exact) mass is 1020 g/mol. The van der Waals surface area contributed by atoms with Gasteiger partial charge in [0.1, 0.15) is 23.3 Å². The molecule has 0 unspecified atom stereocenters. The number of fused-ring (bicyclic) bond motifs is 16. The van der Waals surface area contributed by atoms with Gasteiger partial charge in [0.25, 0.3) is 0 Å². The molecule has 0 atom stereocenters. The van der Waals surface area contributed by atoms with Crippen LogP contribution in [0.2, 0.25) is 0 Å². The Labute approximate surface area is 452 Å². The second-order valence-electron chi connectivity index (χ2n) is 22.1. The van der Waals surface area contributed by atoms with E-state index in [9.17, 15) is 0 Å². The van der Waals surface area contributed by atoms with Gasteiger partial charge in [0.15, 0.2) is 0 Å². The first-order valence-electron chi connectivity index (χ1n) is 27.2. The SMILES string of the molecule is Fc1cc(F)cc(-c2ccc(-c3cc(F)cc(F)c3)c3c2-c2ccc4c5ccc6c7c(-c8ccccc8-c8ccccc8)c8cc9c%10cccc%11cccc(c%11%10)c9c9c%10ccccc%10c(c7c7ccc(c%10ccc-3c2c4%10)c5c67)c89)c1. The van der Waals surface area contributed by atoms with Crippen LogP contribution in [0.4, 0.5) is 17.6 Å². The molecule has 0 N–H and O–H groups in total. The summed E-state index contributed by atoms with van der Waals surface area (Å²) in [5, 5.41) is 29.1.